The van der Waals surface area contributed by atoms with Gasteiger partial charge in [0.15, 0.2) is 0 Å². The van der Waals surface area contributed by atoms with E-state index in [4.69, 9.17) is 0 Å². The van der Waals surface area contributed by atoms with Gasteiger partial charge in [-0.1, -0.05) is 6.92 Å². The Labute approximate surface area is 103 Å². The van der Waals surface area contributed by atoms with Crippen LogP contribution < -0.4 is 4.90 Å². The number of halogens is 1. The number of carbonyl (C=O) groups is 2. The van der Waals surface area contributed by atoms with Gasteiger partial charge in [-0.05, 0) is 24.0 Å². The van der Waals surface area contributed by atoms with E-state index < -0.39 is 17.5 Å². The number of Topliss-reactive ketones (excluding diaryl/α,β-unsaturated/α-hetero) is 1. The molecule has 1 amide bonds. The van der Waals surface area contributed by atoms with Crippen molar-refractivity contribution >= 4 is 29.1 Å². The van der Waals surface area contributed by atoms with Crippen LogP contribution in [0.1, 0.15) is 17.3 Å². The molecule has 0 aromatic heterocycles. The number of rotatable bonds is 4. The van der Waals surface area contributed by atoms with Crippen molar-refractivity contribution in [3.8, 4) is 0 Å². The van der Waals surface area contributed by atoms with Crippen LogP contribution in [0.3, 0.4) is 0 Å². The Balaban J connectivity index is 2.26. The van der Waals surface area contributed by atoms with Crippen LogP contribution in [0, 0.1) is 5.82 Å². The minimum atomic E-state index is -0.553. The van der Waals surface area contributed by atoms with E-state index in [-0.39, 0.29) is 0 Å². The molecule has 0 saturated heterocycles. The topological polar surface area (TPSA) is 37.4 Å². The third-order valence-corrected chi connectivity index (χ3v) is 3.48. The maximum atomic E-state index is 13.1. The van der Waals surface area contributed by atoms with Crippen LogP contribution in [0.25, 0.3) is 0 Å². The second kappa shape index (κ2) is 4.87. The number of carbonyl (C=O) groups excluding carboxylic acids is 2. The average molecular weight is 253 g/mol. The fraction of sp³-hybridized carbons (Fsp3) is 0.333. The van der Waals surface area contributed by atoms with Gasteiger partial charge in [0.2, 0.25) is 0 Å². The van der Waals surface area contributed by atoms with Crippen molar-refractivity contribution in [2.75, 3.05) is 23.0 Å². The zero-order chi connectivity index (χ0) is 12.4. The molecule has 1 aliphatic rings. The quantitative estimate of drug-likeness (QED) is 0.609. The fourth-order valence-corrected chi connectivity index (χ4v) is 2.39. The van der Waals surface area contributed by atoms with E-state index in [1.165, 1.54) is 23.1 Å². The standard InChI is InChI=1S/C12H12FNO2S/c1-2-17-6-5-14-10-7-8(13)3-4-9(10)11(15)12(14)16/h3-4,7H,2,5-6H2,1H3. The summed E-state index contributed by atoms with van der Waals surface area (Å²) in [4.78, 5) is 24.7. The zero-order valence-electron chi connectivity index (χ0n) is 9.40. The van der Waals surface area contributed by atoms with Crippen molar-refractivity contribution in [2.24, 2.45) is 0 Å². The van der Waals surface area contributed by atoms with Crippen LogP contribution in [-0.2, 0) is 4.79 Å². The minimum Gasteiger partial charge on any atom is -0.304 e. The van der Waals surface area contributed by atoms with Gasteiger partial charge in [-0.25, -0.2) is 4.39 Å². The molecule has 0 radical (unpaired) electrons. The molecule has 3 nitrogen and oxygen atoms in total. The number of anilines is 1. The lowest BCUT2D eigenvalue weighted by atomic mass is 10.1. The fourth-order valence-electron chi connectivity index (χ4n) is 1.79. The van der Waals surface area contributed by atoms with E-state index in [2.05, 4.69) is 0 Å². The van der Waals surface area contributed by atoms with E-state index in [9.17, 15) is 14.0 Å². The van der Waals surface area contributed by atoms with Gasteiger partial charge in [0.1, 0.15) is 5.82 Å². The van der Waals surface area contributed by atoms with Crippen molar-refractivity contribution in [1.29, 1.82) is 0 Å². The lowest BCUT2D eigenvalue weighted by Crippen LogP contribution is -2.31. The summed E-state index contributed by atoms with van der Waals surface area (Å²) >= 11 is 1.68. The van der Waals surface area contributed by atoms with E-state index in [0.29, 0.717) is 17.8 Å². The molecule has 90 valence electrons. The van der Waals surface area contributed by atoms with Gasteiger partial charge >= 0.3 is 0 Å². The van der Waals surface area contributed by atoms with E-state index in [1.807, 2.05) is 6.92 Å². The van der Waals surface area contributed by atoms with Crippen LogP contribution in [0.15, 0.2) is 18.2 Å². The third-order valence-electron chi connectivity index (χ3n) is 2.60. The van der Waals surface area contributed by atoms with Gasteiger partial charge in [-0.2, -0.15) is 11.8 Å². The smallest absolute Gasteiger partial charge is 0.299 e. The number of nitrogens with zero attached hydrogens (tertiary/aromatic N) is 1. The second-order valence-corrected chi connectivity index (χ2v) is 5.04. The summed E-state index contributed by atoms with van der Waals surface area (Å²) in [5.74, 6) is 0.167. The molecular formula is C12H12FNO2S. The van der Waals surface area contributed by atoms with Crippen LogP contribution in [0.5, 0.6) is 0 Å². The Kier molecular flexibility index (Phi) is 3.47. The molecule has 17 heavy (non-hydrogen) atoms. The summed E-state index contributed by atoms with van der Waals surface area (Å²) in [7, 11) is 0. The molecule has 2 rings (SSSR count). The van der Waals surface area contributed by atoms with Crippen molar-refractivity contribution in [3.05, 3.63) is 29.6 Å². The molecular weight excluding hydrogens is 241 g/mol. The first kappa shape index (κ1) is 12.1. The van der Waals surface area contributed by atoms with Crippen LogP contribution in [-0.4, -0.2) is 29.7 Å². The summed E-state index contributed by atoms with van der Waals surface area (Å²) in [5, 5.41) is 0. The van der Waals surface area contributed by atoms with Crippen molar-refractivity contribution in [3.63, 3.8) is 0 Å². The predicted molar refractivity (Wildman–Crippen MR) is 66.1 cm³/mol. The summed E-state index contributed by atoms with van der Waals surface area (Å²) in [6, 6.07) is 3.82. The average Bonchev–Trinajstić information content (AvgIpc) is 2.54. The summed E-state index contributed by atoms with van der Waals surface area (Å²) in [6.07, 6.45) is 0. The molecule has 5 heteroatoms. The number of ketones is 1. The Morgan fingerprint density at radius 2 is 2.12 bits per heavy atom. The molecule has 1 aromatic rings. The molecule has 0 spiro atoms. The highest BCUT2D eigenvalue weighted by atomic mass is 32.2. The number of benzene rings is 1. The summed E-state index contributed by atoms with van der Waals surface area (Å²) in [6.45, 7) is 2.47. The lowest BCUT2D eigenvalue weighted by Gasteiger charge is -2.15. The Morgan fingerprint density at radius 1 is 1.35 bits per heavy atom. The number of hydrogen-bond acceptors (Lipinski definition) is 3. The Hall–Kier alpha value is -1.36. The molecule has 1 heterocycles. The normalized spacial score (nSPS) is 14.4. The summed E-state index contributed by atoms with van der Waals surface area (Å²) < 4.78 is 13.1. The maximum absolute atomic E-state index is 13.1. The van der Waals surface area contributed by atoms with Crippen LogP contribution in [0.2, 0.25) is 0 Å². The molecule has 1 aromatic carbocycles. The molecule has 0 aliphatic carbocycles. The number of amides is 1. The molecule has 0 bridgehead atoms. The van der Waals surface area contributed by atoms with Crippen molar-refractivity contribution in [2.45, 2.75) is 6.92 Å². The second-order valence-electron chi connectivity index (χ2n) is 3.64. The predicted octanol–water partition coefficient (Wildman–Crippen LogP) is 2.11. The molecule has 0 saturated carbocycles. The summed E-state index contributed by atoms with van der Waals surface area (Å²) in [5.41, 5.74) is 0.703. The minimum absolute atomic E-state index is 0.304. The van der Waals surface area contributed by atoms with Crippen molar-refractivity contribution < 1.29 is 14.0 Å². The molecule has 0 atom stereocenters. The number of hydrogen-bond donors (Lipinski definition) is 0. The van der Waals surface area contributed by atoms with Gasteiger partial charge in [0.25, 0.3) is 11.7 Å². The van der Waals surface area contributed by atoms with Gasteiger partial charge in [-0.3, -0.25) is 9.59 Å². The first-order valence-electron chi connectivity index (χ1n) is 5.38. The molecule has 0 fully saturated rings. The number of thioether (sulfide) groups is 1. The number of fused-ring (bicyclic) bond motifs is 1. The third kappa shape index (κ3) is 2.20. The Bertz CT molecular complexity index is 476. The van der Waals surface area contributed by atoms with Gasteiger partial charge in [0, 0.05) is 12.3 Å². The SMILES string of the molecule is CCSCCN1C(=O)C(=O)c2ccc(F)cc21. The highest BCUT2D eigenvalue weighted by molar-refractivity contribution is 7.99. The van der Waals surface area contributed by atoms with Crippen molar-refractivity contribution in [1.82, 2.24) is 0 Å². The molecule has 0 unspecified atom stereocenters. The van der Waals surface area contributed by atoms with Gasteiger partial charge < -0.3 is 4.90 Å². The van der Waals surface area contributed by atoms with Crippen LogP contribution >= 0.6 is 11.8 Å². The van der Waals surface area contributed by atoms with E-state index in [0.717, 1.165) is 11.5 Å². The maximum Gasteiger partial charge on any atom is 0.299 e. The Morgan fingerprint density at radius 3 is 2.82 bits per heavy atom. The monoisotopic (exact) mass is 253 g/mol. The van der Waals surface area contributed by atoms with Gasteiger partial charge in [-0.15, -0.1) is 0 Å². The van der Waals surface area contributed by atoms with Crippen LogP contribution in [0.4, 0.5) is 10.1 Å². The first-order valence-corrected chi connectivity index (χ1v) is 6.54. The largest absolute Gasteiger partial charge is 0.304 e. The van der Waals surface area contributed by atoms with E-state index >= 15 is 0 Å². The zero-order valence-corrected chi connectivity index (χ0v) is 10.2. The first-order chi connectivity index (χ1) is 8.15. The molecule has 1 aliphatic heterocycles. The highest BCUT2D eigenvalue weighted by Crippen LogP contribution is 2.29. The lowest BCUT2D eigenvalue weighted by molar-refractivity contribution is -0.114. The highest BCUT2D eigenvalue weighted by Gasteiger charge is 2.35. The van der Waals surface area contributed by atoms with Gasteiger partial charge in [0.05, 0.1) is 11.3 Å². The van der Waals surface area contributed by atoms with E-state index in [1.54, 1.807) is 11.8 Å². The molecule has 0 N–H and O–H groups in total.